The van der Waals surface area contributed by atoms with E-state index < -0.39 is 0 Å². The SMILES string of the molecule is C=C(O)[C@@H]1COCCN1Cc1cc(Cl)c(/C=C/c2cccc(-c3ccccc3)c2C#N)cc1C. The summed E-state index contributed by atoms with van der Waals surface area (Å²) in [5.41, 5.74) is 6.50. The zero-order chi connectivity index (χ0) is 24.1. The van der Waals surface area contributed by atoms with Crippen molar-refractivity contribution in [1.82, 2.24) is 4.90 Å². The van der Waals surface area contributed by atoms with Crippen LogP contribution in [0.5, 0.6) is 0 Å². The number of nitrogens with zero attached hydrogens (tertiary/aromatic N) is 2. The second kappa shape index (κ2) is 10.7. The van der Waals surface area contributed by atoms with E-state index in [4.69, 9.17) is 16.3 Å². The molecule has 0 bridgehead atoms. The fraction of sp³-hybridized carbons (Fsp3) is 0.207. The average Bonchev–Trinajstić information content (AvgIpc) is 2.85. The number of halogens is 1. The number of benzene rings is 3. The van der Waals surface area contributed by atoms with Crippen molar-refractivity contribution in [1.29, 1.82) is 5.26 Å². The molecular weight excluding hydrogens is 444 g/mol. The van der Waals surface area contributed by atoms with Crippen LogP contribution in [-0.4, -0.2) is 35.8 Å². The van der Waals surface area contributed by atoms with Crippen LogP contribution >= 0.6 is 11.6 Å². The number of nitriles is 1. The van der Waals surface area contributed by atoms with Gasteiger partial charge in [0.25, 0.3) is 0 Å². The maximum atomic E-state index is 9.93. The predicted molar refractivity (Wildman–Crippen MR) is 138 cm³/mol. The lowest BCUT2D eigenvalue weighted by Gasteiger charge is -2.35. The minimum Gasteiger partial charge on any atom is -0.511 e. The summed E-state index contributed by atoms with van der Waals surface area (Å²) in [4.78, 5) is 2.16. The summed E-state index contributed by atoms with van der Waals surface area (Å²) >= 11 is 6.66. The van der Waals surface area contributed by atoms with E-state index in [0.29, 0.717) is 30.3 Å². The van der Waals surface area contributed by atoms with Gasteiger partial charge in [0.05, 0.1) is 24.8 Å². The van der Waals surface area contributed by atoms with Gasteiger partial charge in [0.2, 0.25) is 0 Å². The van der Waals surface area contributed by atoms with Crippen LogP contribution < -0.4 is 0 Å². The van der Waals surface area contributed by atoms with Crippen LogP contribution in [0.25, 0.3) is 23.3 Å². The minimum absolute atomic E-state index is 0.119. The normalized spacial score (nSPS) is 16.4. The van der Waals surface area contributed by atoms with Crippen LogP contribution in [0.2, 0.25) is 5.02 Å². The first-order chi connectivity index (χ1) is 16.5. The molecule has 3 aromatic rings. The van der Waals surface area contributed by atoms with Crippen molar-refractivity contribution in [3.8, 4) is 17.2 Å². The largest absolute Gasteiger partial charge is 0.511 e. The number of aliphatic hydroxyl groups is 1. The highest BCUT2D eigenvalue weighted by molar-refractivity contribution is 6.32. The molecule has 0 amide bonds. The molecule has 1 aliphatic heterocycles. The van der Waals surface area contributed by atoms with Crippen molar-refractivity contribution in [2.24, 2.45) is 0 Å². The molecule has 1 fully saturated rings. The summed E-state index contributed by atoms with van der Waals surface area (Å²) in [7, 11) is 0. The van der Waals surface area contributed by atoms with E-state index in [1.54, 1.807) is 0 Å². The molecular formula is C29H27ClN2O2. The maximum Gasteiger partial charge on any atom is 0.105 e. The summed E-state index contributed by atoms with van der Waals surface area (Å²) in [5.74, 6) is 0.119. The van der Waals surface area contributed by atoms with Gasteiger partial charge < -0.3 is 9.84 Å². The lowest BCUT2D eigenvalue weighted by atomic mass is 9.95. The van der Waals surface area contributed by atoms with Crippen molar-refractivity contribution < 1.29 is 9.84 Å². The van der Waals surface area contributed by atoms with Crippen LogP contribution in [-0.2, 0) is 11.3 Å². The standard InChI is InChI=1S/C29H27ClN2O2/c1-20-15-24(28(30)16-25(20)18-32-13-14-34-19-29(32)21(2)33)12-11-23-9-6-10-26(27(23)17-31)22-7-4-3-5-8-22/h3-12,15-16,29,33H,2,13-14,18-19H2,1H3/b12-11+/t29-/m0/s1. The van der Waals surface area contributed by atoms with Gasteiger partial charge in [0.1, 0.15) is 11.8 Å². The van der Waals surface area contributed by atoms with Gasteiger partial charge >= 0.3 is 0 Å². The molecule has 4 rings (SSSR count). The second-order valence-electron chi connectivity index (χ2n) is 8.43. The molecule has 1 atom stereocenters. The van der Waals surface area contributed by atoms with E-state index in [0.717, 1.165) is 39.9 Å². The lowest BCUT2D eigenvalue weighted by Crippen LogP contribution is -2.45. The van der Waals surface area contributed by atoms with Gasteiger partial charge in [-0.25, -0.2) is 0 Å². The Balaban J connectivity index is 1.60. The van der Waals surface area contributed by atoms with Gasteiger partial charge in [-0.05, 0) is 40.8 Å². The molecule has 34 heavy (non-hydrogen) atoms. The van der Waals surface area contributed by atoms with Gasteiger partial charge in [-0.15, -0.1) is 0 Å². The highest BCUT2D eigenvalue weighted by atomic mass is 35.5. The molecule has 5 heteroatoms. The van der Waals surface area contributed by atoms with Crippen molar-refractivity contribution in [3.05, 3.63) is 106 Å². The Labute approximate surface area is 206 Å². The van der Waals surface area contributed by atoms with Crippen LogP contribution in [0.15, 0.2) is 73.0 Å². The topological polar surface area (TPSA) is 56.5 Å². The van der Waals surface area contributed by atoms with Crippen molar-refractivity contribution in [2.75, 3.05) is 19.8 Å². The van der Waals surface area contributed by atoms with Crippen LogP contribution in [0.4, 0.5) is 0 Å². The molecule has 0 spiro atoms. The highest BCUT2D eigenvalue weighted by Crippen LogP contribution is 2.29. The van der Waals surface area contributed by atoms with Crippen LogP contribution in [0.3, 0.4) is 0 Å². The molecule has 172 valence electrons. The first-order valence-corrected chi connectivity index (χ1v) is 11.6. The molecule has 0 unspecified atom stereocenters. The third-order valence-corrected chi connectivity index (χ3v) is 6.52. The van der Waals surface area contributed by atoms with Crippen molar-refractivity contribution >= 4 is 23.8 Å². The fourth-order valence-electron chi connectivity index (χ4n) is 4.27. The van der Waals surface area contributed by atoms with Crippen LogP contribution in [0, 0.1) is 18.3 Å². The van der Waals surface area contributed by atoms with Gasteiger partial charge in [0.15, 0.2) is 0 Å². The fourth-order valence-corrected chi connectivity index (χ4v) is 4.52. The third-order valence-electron chi connectivity index (χ3n) is 6.19. The number of ether oxygens (including phenoxy) is 1. The molecule has 4 nitrogen and oxygen atoms in total. The van der Waals surface area contributed by atoms with E-state index in [1.807, 2.05) is 66.7 Å². The van der Waals surface area contributed by atoms with Crippen LogP contribution in [0.1, 0.15) is 27.8 Å². The Kier molecular flexibility index (Phi) is 7.49. The highest BCUT2D eigenvalue weighted by Gasteiger charge is 2.26. The molecule has 1 heterocycles. The minimum atomic E-state index is -0.215. The monoisotopic (exact) mass is 470 g/mol. The van der Waals surface area contributed by atoms with Crippen molar-refractivity contribution in [3.63, 3.8) is 0 Å². The molecule has 3 aromatic carbocycles. The summed E-state index contributed by atoms with van der Waals surface area (Å²) in [6.45, 7) is 8.19. The summed E-state index contributed by atoms with van der Waals surface area (Å²) in [5, 5.41) is 20.4. The van der Waals surface area contributed by atoms with E-state index in [1.165, 1.54) is 0 Å². The predicted octanol–water partition coefficient (Wildman–Crippen LogP) is 6.63. The first kappa shape index (κ1) is 23.8. The van der Waals surface area contributed by atoms with Gasteiger partial charge in [0, 0.05) is 23.7 Å². The Morgan fingerprint density at radius 3 is 2.68 bits per heavy atom. The molecule has 0 aliphatic carbocycles. The number of rotatable bonds is 6. The zero-order valence-corrected chi connectivity index (χ0v) is 19.9. The second-order valence-corrected chi connectivity index (χ2v) is 8.84. The Morgan fingerprint density at radius 1 is 1.18 bits per heavy atom. The Morgan fingerprint density at radius 2 is 1.94 bits per heavy atom. The summed E-state index contributed by atoms with van der Waals surface area (Å²) < 4.78 is 5.49. The third kappa shape index (κ3) is 5.24. The number of aryl methyl sites for hydroxylation is 1. The molecule has 1 N–H and O–H groups in total. The van der Waals surface area contributed by atoms with E-state index in [-0.39, 0.29) is 11.8 Å². The Hall–Kier alpha value is -3.36. The molecule has 0 saturated carbocycles. The number of aliphatic hydroxyl groups excluding tert-OH is 1. The number of hydrogen-bond donors (Lipinski definition) is 1. The summed E-state index contributed by atoms with van der Waals surface area (Å²) in [6.07, 6.45) is 3.90. The molecule has 1 saturated heterocycles. The number of hydrogen-bond acceptors (Lipinski definition) is 4. The summed E-state index contributed by atoms with van der Waals surface area (Å²) in [6, 6.07) is 22.0. The van der Waals surface area contributed by atoms with E-state index >= 15 is 0 Å². The Bertz CT molecular complexity index is 1260. The van der Waals surface area contributed by atoms with E-state index in [2.05, 4.69) is 30.5 Å². The average molecular weight is 471 g/mol. The van der Waals surface area contributed by atoms with Crippen molar-refractivity contribution in [2.45, 2.75) is 19.5 Å². The van der Waals surface area contributed by atoms with E-state index in [9.17, 15) is 10.4 Å². The molecule has 0 radical (unpaired) electrons. The van der Waals surface area contributed by atoms with Gasteiger partial charge in [-0.3, -0.25) is 4.90 Å². The molecule has 0 aromatic heterocycles. The van der Waals surface area contributed by atoms with Gasteiger partial charge in [-0.1, -0.05) is 84.9 Å². The molecule has 1 aliphatic rings. The number of morpholine rings is 1. The zero-order valence-electron chi connectivity index (χ0n) is 19.2. The smallest absolute Gasteiger partial charge is 0.105 e. The maximum absolute atomic E-state index is 9.93. The quantitative estimate of drug-likeness (QED) is 0.324. The van der Waals surface area contributed by atoms with Gasteiger partial charge in [-0.2, -0.15) is 5.26 Å². The lowest BCUT2D eigenvalue weighted by molar-refractivity contribution is -0.0110. The first-order valence-electron chi connectivity index (χ1n) is 11.2.